The summed E-state index contributed by atoms with van der Waals surface area (Å²) < 4.78 is 9.95. The average molecular weight is 306 g/mol. The molecule has 118 valence electrons. The van der Waals surface area contributed by atoms with Gasteiger partial charge in [0.25, 0.3) is 5.91 Å². The van der Waals surface area contributed by atoms with Gasteiger partial charge in [-0.1, -0.05) is 12.1 Å². The molecule has 2 rings (SSSR count). The van der Waals surface area contributed by atoms with Crippen molar-refractivity contribution >= 4 is 17.6 Å². The second-order valence-corrected chi connectivity index (χ2v) is 4.62. The number of amides is 1. The van der Waals surface area contributed by atoms with Crippen LogP contribution in [0.4, 0.5) is 5.69 Å². The van der Waals surface area contributed by atoms with Gasteiger partial charge in [-0.25, -0.2) is 4.79 Å². The van der Waals surface area contributed by atoms with Gasteiger partial charge in [-0.2, -0.15) is 0 Å². The Labute approximate surface area is 128 Å². The summed E-state index contributed by atoms with van der Waals surface area (Å²) in [5.74, 6) is -0.390. The monoisotopic (exact) mass is 306 g/mol. The molecule has 1 aromatic carbocycles. The first-order valence-corrected chi connectivity index (χ1v) is 6.74. The van der Waals surface area contributed by atoms with Gasteiger partial charge >= 0.3 is 5.97 Å². The first-order chi connectivity index (χ1) is 10.6. The molecular weight excluding hydrogens is 288 g/mol. The van der Waals surface area contributed by atoms with E-state index in [1.807, 2.05) is 0 Å². The molecule has 0 aromatic heterocycles. The fraction of sp³-hybridized carbons (Fsp3) is 0.333. The van der Waals surface area contributed by atoms with E-state index in [0.717, 1.165) is 0 Å². The van der Waals surface area contributed by atoms with E-state index in [-0.39, 0.29) is 36.9 Å². The van der Waals surface area contributed by atoms with Crippen molar-refractivity contribution in [1.29, 1.82) is 0 Å². The van der Waals surface area contributed by atoms with E-state index >= 15 is 0 Å². The normalized spacial score (nSPS) is 14.3. The number of aliphatic hydroxyl groups is 1. The highest BCUT2D eigenvalue weighted by Crippen LogP contribution is 2.28. The Kier molecular flexibility index (Phi) is 5.00. The van der Waals surface area contributed by atoms with Gasteiger partial charge in [0.15, 0.2) is 0 Å². The number of ether oxygens (including phenoxy) is 2. The molecule has 1 aliphatic rings. The van der Waals surface area contributed by atoms with Crippen LogP contribution in [0.15, 0.2) is 35.5 Å². The summed E-state index contributed by atoms with van der Waals surface area (Å²) in [4.78, 5) is 25.6. The first-order valence-electron chi connectivity index (χ1n) is 6.74. The predicted molar refractivity (Wildman–Crippen MR) is 79.3 cm³/mol. The molecule has 1 heterocycles. The van der Waals surface area contributed by atoms with Crippen molar-refractivity contribution in [1.82, 2.24) is 4.90 Å². The van der Waals surface area contributed by atoms with Crippen LogP contribution in [-0.4, -0.2) is 55.8 Å². The molecule has 0 unspecified atom stereocenters. The number of esters is 1. The number of hydrogen-bond acceptors (Lipinski definition) is 6. The van der Waals surface area contributed by atoms with Crippen LogP contribution in [0.3, 0.4) is 0 Å². The number of aliphatic hydroxyl groups excluding tert-OH is 1. The molecule has 22 heavy (non-hydrogen) atoms. The Morgan fingerprint density at radius 1 is 1.36 bits per heavy atom. The number of rotatable bonds is 6. The Morgan fingerprint density at radius 2 is 2.09 bits per heavy atom. The van der Waals surface area contributed by atoms with Crippen LogP contribution in [0.1, 0.15) is 0 Å². The molecule has 0 aliphatic carbocycles. The van der Waals surface area contributed by atoms with Crippen LogP contribution < -0.4 is 10.1 Å². The van der Waals surface area contributed by atoms with Gasteiger partial charge in [0.1, 0.15) is 11.4 Å². The quantitative estimate of drug-likeness (QED) is 0.738. The summed E-state index contributed by atoms with van der Waals surface area (Å²) in [5, 5.41) is 12.0. The Hall–Kier alpha value is -2.54. The Bertz CT molecular complexity index is 612. The zero-order valence-corrected chi connectivity index (χ0v) is 12.5. The average Bonchev–Trinajstić information content (AvgIpc) is 2.84. The van der Waals surface area contributed by atoms with Gasteiger partial charge in [-0.05, 0) is 12.1 Å². The topological polar surface area (TPSA) is 88.1 Å². The third-order valence-electron chi connectivity index (χ3n) is 3.32. The van der Waals surface area contributed by atoms with Crippen LogP contribution >= 0.6 is 0 Å². The smallest absolute Gasteiger partial charge is 0.337 e. The molecule has 0 saturated heterocycles. The number of benzene rings is 1. The second-order valence-electron chi connectivity index (χ2n) is 4.62. The van der Waals surface area contributed by atoms with Gasteiger partial charge in [-0.15, -0.1) is 0 Å². The maximum atomic E-state index is 12.4. The summed E-state index contributed by atoms with van der Waals surface area (Å²) in [6.45, 7) is 0.0715. The minimum atomic E-state index is -0.578. The molecule has 0 spiro atoms. The third-order valence-corrected chi connectivity index (χ3v) is 3.32. The number of methoxy groups -OCH3 is 2. The molecule has 0 saturated carbocycles. The summed E-state index contributed by atoms with van der Waals surface area (Å²) in [6, 6.07) is 7.07. The first kappa shape index (κ1) is 15.8. The molecule has 0 bridgehead atoms. The summed E-state index contributed by atoms with van der Waals surface area (Å²) in [6.07, 6.45) is 0. The van der Waals surface area contributed by atoms with Gasteiger partial charge in [-0.3, -0.25) is 4.79 Å². The minimum Gasteiger partial charge on any atom is -0.495 e. The van der Waals surface area contributed by atoms with Crippen LogP contribution in [0.5, 0.6) is 5.75 Å². The van der Waals surface area contributed by atoms with E-state index in [9.17, 15) is 9.59 Å². The third kappa shape index (κ3) is 3.04. The lowest BCUT2D eigenvalue weighted by atomic mass is 10.2. The zero-order chi connectivity index (χ0) is 16.1. The highest BCUT2D eigenvalue weighted by molar-refractivity contribution is 6.08. The Morgan fingerprint density at radius 3 is 2.73 bits per heavy atom. The minimum absolute atomic E-state index is 0.101. The molecule has 7 heteroatoms. The van der Waals surface area contributed by atoms with Crippen molar-refractivity contribution in [2.45, 2.75) is 0 Å². The van der Waals surface area contributed by atoms with Crippen molar-refractivity contribution < 1.29 is 24.2 Å². The molecule has 1 aliphatic heterocycles. The maximum Gasteiger partial charge on any atom is 0.337 e. The Balaban J connectivity index is 2.34. The summed E-state index contributed by atoms with van der Waals surface area (Å²) in [7, 11) is 2.78. The molecular formula is C15H18N2O5. The SMILES string of the molecule is COC(=O)C1=C(Nc2ccccc2OC)C(=O)N(CCO)C1. The van der Waals surface area contributed by atoms with Crippen molar-refractivity contribution in [2.75, 3.05) is 39.2 Å². The van der Waals surface area contributed by atoms with E-state index in [1.165, 1.54) is 19.1 Å². The lowest BCUT2D eigenvalue weighted by molar-refractivity contribution is -0.136. The van der Waals surface area contributed by atoms with Crippen LogP contribution in [0.2, 0.25) is 0 Å². The van der Waals surface area contributed by atoms with Gasteiger partial charge < -0.3 is 24.8 Å². The van der Waals surface area contributed by atoms with Crippen LogP contribution in [-0.2, 0) is 14.3 Å². The molecule has 0 atom stereocenters. The van der Waals surface area contributed by atoms with E-state index in [2.05, 4.69) is 5.32 Å². The predicted octanol–water partition coefficient (Wildman–Crippen LogP) is 0.369. The summed E-state index contributed by atoms with van der Waals surface area (Å²) in [5.41, 5.74) is 0.942. The zero-order valence-electron chi connectivity index (χ0n) is 12.5. The molecule has 0 radical (unpaired) electrons. The molecule has 2 N–H and O–H groups in total. The lowest BCUT2D eigenvalue weighted by Gasteiger charge is -2.15. The maximum absolute atomic E-state index is 12.4. The van der Waals surface area contributed by atoms with Gasteiger partial charge in [0.2, 0.25) is 0 Å². The fourth-order valence-electron chi connectivity index (χ4n) is 2.23. The number of anilines is 1. The van der Waals surface area contributed by atoms with Gasteiger partial charge in [0.05, 0.1) is 38.6 Å². The van der Waals surface area contributed by atoms with Crippen molar-refractivity contribution in [3.63, 3.8) is 0 Å². The van der Waals surface area contributed by atoms with Crippen LogP contribution in [0, 0.1) is 0 Å². The highest BCUT2D eigenvalue weighted by atomic mass is 16.5. The largest absolute Gasteiger partial charge is 0.495 e. The van der Waals surface area contributed by atoms with E-state index in [4.69, 9.17) is 14.6 Å². The van der Waals surface area contributed by atoms with Crippen LogP contribution in [0.25, 0.3) is 0 Å². The number of nitrogens with one attached hydrogen (secondary N) is 1. The van der Waals surface area contributed by atoms with E-state index in [1.54, 1.807) is 24.3 Å². The van der Waals surface area contributed by atoms with Crippen molar-refractivity contribution in [3.8, 4) is 5.75 Å². The van der Waals surface area contributed by atoms with E-state index in [0.29, 0.717) is 11.4 Å². The highest BCUT2D eigenvalue weighted by Gasteiger charge is 2.34. The lowest BCUT2D eigenvalue weighted by Crippen LogP contribution is -2.31. The van der Waals surface area contributed by atoms with Crippen molar-refractivity contribution in [3.05, 3.63) is 35.5 Å². The fourth-order valence-corrected chi connectivity index (χ4v) is 2.23. The number of carbonyl (C=O) groups excluding carboxylic acids is 2. The number of nitrogens with zero attached hydrogens (tertiary/aromatic N) is 1. The van der Waals surface area contributed by atoms with Gasteiger partial charge in [0, 0.05) is 6.54 Å². The molecule has 1 aromatic rings. The number of carbonyl (C=O) groups is 2. The number of β-amino-alcohol motifs (C(OH)–C–C–N with tert-alkyl or cyclic N) is 1. The molecule has 1 amide bonds. The standard InChI is InChI=1S/C15H18N2O5/c1-21-12-6-4-3-5-11(12)16-13-10(15(20)22-2)9-17(7-8-18)14(13)19/h3-6,16,18H,7-9H2,1-2H3. The molecule has 0 fully saturated rings. The summed E-state index contributed by atoms with van der Waals surface area (Å²) >= 11 is 0. The number of para-hydroxylation sites is 2. The molecule has 7 nitrogen and oxygen atoms in total. The van der Waals surface area contributed by atoms with E-state index < -0.39 is 5.97 Å². The number of hydrogen-bond donors (Lipinski definition) is 2. The second kappa shape index (κ2) is 6.95. The van der Waals surface area contributed by atoms with Crippen molar-refractivity contribution in [2.24, 2.45) is 0 Å².